The summed E-state index contributed by atoms with van der Waals surface area (Å²) in [7, 11) is 2.15. The highest BCUT2D eigenvalue weighted by Crippen LogP contribution is 2.27. The van der Waals surface area contributed by atoms with Gasteiger partial charge in [0, 0.05) is 43.3 Å². The van der Waals surface area contributed by atoms with Crippen LogP contribution in [0.4, 0.5) is 0 Å². The number of likely N-dealkylation sites (N-methyl/N-ethyl adjacent to an activating group) is 1. The fourth-order valence-corrected chi connectivity index (χ4v) is 5.08. The Bertz CT molecular complexity index is 1110. The number of ether oxygens (including phenoxy) is 2. The van der Waals surface area contributed by atoms with Crippen LogP contribution in [0.15, 0.2) is 47.8 Å². The van der Waals surface area contributed by atoms with Crippen LogP contribution in [0.25, 0.3) is 10.6 Å². The molecule has 0 spiro atoms. The summed E-state index contributed by atoms with van der Waals surface area (Å²) in [4.78, 5) is 19.6. The van der Waals surface area contributed by atoms with Crippen LogP contribution in [-0.2, 0) is 11.3 Å². The van der Waals surface area contributed by atoms with Crippen LogP contribution >= 0.6 is 11.3 Å². The van der Waals surface area contributed by atoms with Crippen molar-refractivity contribution in [1.82, 2.24) is 15.2 Å². The third-order valence-electron chi connectivity index (χ3n) is 6.23. The van der Waals surface area contributed by atoms with Crippen LogP contribution in [0.3, 0.4) is 0 Å². The Morgan fingerprint density at radius 1 is 1.21 bits per heavy atom. The van der Waals surface area contributed by atoms with Crippen molar-refractivity contribution in [3.63, 3.8) is 0 Å². The molecule has 2 aromatic carbocycles. The summed E-state index contributed by atoms with van der Waals surface area (Å²) < 4.78 is 11.4. The maximum Gasteiger partial charge on any atom is 0.271 e. The van der Waals surface area contributed by atoms with Gasteiger partial charge in [-0.15, -0.1) is 11.3 Å². The van der Waals surface area contributed by atoms with E-state index in [4.69, 9.17) is 9.47 Å². The Labute approximate surface area is 205 Å². The van der Waals surface area contributed by atoms with Gasteiger partial charge in [0.25, 0.3) is 5.91 Å². The van der Waals surface area contributed by atoms with Gasteiger partial charge in [0.1, 0.15) is 23.1 Å². The van der Waals surface area contributed by atoms with Crippen molar-refractivity contribution in [2.45, 2.75) is 39.3 Å². The molecule has 0 radical (unpaired) electrons. The number of aromatic nitrogens is 1. The zero-order chi connectivity index (χ0) is 23.9. The minimum Gasteiger partial charge on any atom is -0.492 e. The Kier molecular flexibility index (Phi) is 8.32. The lowest BCUT2D eigenvalue weighted by atomic mass is 10.1. The van der Waals surface area contributed by atoms with Gasteiger partial charge in [-0.2, -0.15) is 0 Å². The Morgan fingerprint density at radius 2 is 2.03 bits per heavy atom. The quantitative estimate of drug-likeness (QED) is 0.476. The van der Waals surface area contributed by atoms with E-state index >= 15 is 0 Å². The average Bonchev–Trinajstić information content (AvgIpc) is 3.33. The van der Waals surface area contributed by atoms with Crippen LogP contribution in [0, 0.1) is 13.8 Å². The molecule has 0 aliphatic carbocycles. The summed E-state index contributed by atoms with van der Waals surface area (Å²) in [5, 5.41) is 5.66. The summed E-state index contributed by atoms with van der Waals surface area (Å²) >= 11 is 1.49. The standard InChI is InChI=1S/C27H33N3O3S/c1-19-7-8-24(20(2)15-19)27-29-25(18-34-27)26(31)28-17-21-5-4-6-23(16-21)33-14-11-30(3)22-9-12-32-13-10-22/h4-8,15-16,18,22H,9-14,17H2,1-3H3,(H,28,31). The molecule has 1 aliphatic rings. The number of amides is 1. The molecule has 1 saturated heterocycles. The van der Waals surface area contributed by atoms with Gasteiger partial charge in [-0.1, -0.05) is 35.9 Å². The van der Waals surface area contributed by atoms with Crippen molar-refractivity contribution in [3.05, 3.63) is 70.2 Å². The second-order valence-corrected chi connectivity index (χ2v) is 9.72. The molecule has 3 aromatic rings. The van der Waals surface area contributed by atoms with Gasteiger partial charge >= 0.3 is 0 Å². The van der Waals surface area contributed by atoms with E-state index < -0.39 is 0 Å². The van der Waals surface area contributed by atoms with E-state index in [1.54, 1.807) is 0 Å². The van der Waals surface area contributed by atoms with E-state index in [0.717, 1.165) is 60.0 Å². The molecule has 2 heterocycles. The summed E-state index contributed by atoms with van der Waals surface area (Å²) in [6, 6.07) is 14.7. The van der Waals surface area contributed by atoms with Crippen molar-refractivity contribution in [3.8, 4) is 16.3 Å². The molecule has 0 bridgehead atoms. The van der Waals surface area contributed by atoms with Crippen LogP contribution in [0.2, 0.25) is 0 Å². The first-order chi connectivity index (χ1) is 16.5. The fraction of sp³-hybridized carbons (Fsp3) is 0.407. The van der Waals surface area contributed by atoms with E-state index in [9.17, 15) is 4.79 Å². The highest BCUT2D eigenvalue weighted by Gasteiger charge is 2.18. The molecule has 1 N–H and O–H groups in total. The van der Waals surface area contributed by atoms with Crippen LogP contribution in [0.1, 0.15) is 40.0 Å². The van der Waals surface area contributed by atoms with E-state index in [-0.39, 0.29) is 5.91 Å². The lowest BCUT2D eigenvalue weighted by Crippen LogP contribution is -2.38. The van der Waals surface area contributed by atoms with Crippen molar-refractivity contribution >= 4 is 17.2 Å². The largest absolute Gasteiger partial charge is 0.492 e. The van der Waals surface area contributed by atoms with Crippen LogP contribution in [0.5, 0.6) is 5.75 Å². The predicted molar refractivity (Wildman–Crippen MR) is 137 cm³/mol. The molecule has 4 rings (SSSR count). The first-order valence-corrected chi connectivity index (χ1v) is 12.7. The maximum absolute atomic E-state index is 12.7. The number of nitrogens with one attached hydrogen (secondary N) is 1. The normalized spacial score (nSPS) is 14.4. The molecule has 180 valence electrons. The molecule has 1 aromatic heterocycles. The number of rotatable bonds is 9. The molecule has 34 heavy (non-hydrogen) atoms. The van der Waals surface area contributed by atoms with E-state index in [1.807, 2.05) is 29.6 Å². The number of nitrogens with zero attached hydrogens (tertiary/aromatic N) is 2. The number of thiazole rings is 1. The molecule has 1 aliphatic heterocycles. The monoisotopic (exact) mass is 479 g/mol. The van der Waals surface area contributed by atoms with Gasteiger partial charge in [0.2, 0.25) is 0 Å². The average molecular weight is 480 g/mol. The predicted octanol–water partition coefficient (Wildman–Crippen LogP) is 4.85. The van der Waals surface area contributed by atoms with E-state index in [2.05, 4.69) is 54.3 Å². The molecular weight excluding hydrogens is 446 g/mol. The van der Waals surface area contributed by atoms with Gasteiger partial charge in [0.05, 0.1) is 0 Å². The third-order valence-corrected chi connectivity index (χ3v) is 7.10. The summed E-state index contributed by atoms with van der Waals surface area (Å²) in [5.74, 6) is 0.648. The molecule has 0 saturated carbocycles. The Hall–Kier alpha value is -2.74. The van der Waals surface area contributed by atoms with Gasteiger partial charge in [-0.25, -0.2) is 4.98 Å². The Morgan fingerprint density at radius 3 is 2.82 bits per heavy atom. The lowest BCUT2D eigenvalue weighted by Gasteiger charge is -2.31. The first kappa shape index (κ1) is 24.4. The molecule has 7 heteroatoms. The third kappa shape index (κ3) is 6.44. The van der Waals surface area contributed by atoms with E-state index in [0.29, 0.717) is 24.9 Å². The van der Waals surface area contributed by atoms with Gasteiger partial charge in [-0.05, 0) is 57.0 Å². The molecule has 1 fully saturated rings. The second kappa shape index (κ2) is 11.6. The number of benzene rings is 2. The lowest BCUT2D eigenvalue weighted by molar-refractivity contribution is 0.0392. The number of carbonyl (C=O) groups is 1. The highest BCUT2D eigenvalue weighted by molar-refractivity contribution is 7.13. The van der Waals surface area contributed by atoms with Crippen molar-refractivity contribution in [2.75, 3.05) is 33.4 Å². The molecule has 0 atom stereocenters. The minimum absolute atomic E-state index is 0.170. The molecular formula is C27H33N3O3S. The number of hydrogen-bond acceptors (Lipinski definition) is 6. The van der Waals surface area contributed by atoms with Crippen molar-refractivity contribution < 1.29 is 14.3 Å². The number of hydrogen-bond donors (Lipinski definition) is 1. The summed E-state index contributed by atoms with van der Waals surface area (Å²) in [5.41, 5.74) is 4.89. The first-order valence-electron chi connectivity index (χ1n) is 11.8. The van der Waals surface area contributed by atoms with Crippen LogP contribution in [-0.4, -0.2) is 55.2 Å². The molecule has 1 amide bonds. The summed E-state index contributed by atoms with van der Waals surface area (Å²) in [6.45, 7) is 7.76. The van der Waals surface area contributed by atoms with Gasteiger partial charge in [0.15, 0.2) is 0 Å². The fourth-order valence-electron chi connectivity index (χ4n) is 4.19. The summed E-state index contributed by atoms with van der Waals surface area (Å²) in [6.07, 6.45) is 2.16. The van der Waals surface area contributed by atoms with Gasteiger partial charge < -0.3 is 14.8 Å². The zero-order valence-electron chi connectivity index (χ0n) is 20.2. The highest BCUT2D eigenvalue weighted by atomic mass is 32.1. The number of aryl methyl sites for hydroxylation is 2. The second-order valence-electron chi connectivity index (χ2n) is 8.86. The van der Waals surface area contributed by atoms with Crippen LogP contribution < -0.4 is 10.1 Å². The SMILES string of the molecule is Cc1ccc(-c2nc(C(=O)NCc3cccc(OCCN(C)C4CCOCC4)c3)cs2)c(C)c1. The van der Waals surface area contributed by atoms with Crippen molar-refractivity contribution in [1.29, 1.82) is 0 Å². The maximum atomic E-state index is 12.7. The molecule has 0 unspecified atom stereocenters. The minimum atomic E-state index is -0.170. The van der Waals surface area contributed by atoms with Gasteiger partial charge in [-0.3, -0.25) is 9.69 Å². The molecule has 6 nitrogen and oxygen atoms in total. The van der Waals surface area contributed by atoms with E-state index in [1.165, 1.54) is 16.9 Å². The smallest absolute Gasteiger partial charge is 0.271 e. The Balaban J connectivity index is 1.27. The zero-order valence-corrected chi connectivity index (χ0v) is 21.0. The van der Waals surface area contributed by atoms with Crippen molar-refractivity contribution in [2.24, 2.45) is 0 Å². The topological polar surface area (TPSA) is 63.7 Å². The number of carbonyl (C=O) groups excluding carboxylic acids is 1.